The average Bonchev–Trinajstić information content (AvgIpc) is 2.62. The number of para-hydroxylation sites is 2. The van der Waals surface area contributed by atoms with E-state index in [0.29, 0.717) is 18.0 Å². The van der Waals surface area contributed by atoms with Gasteiger partial charge in [-0.05, 0) is 56.7 Å². The van der Waals surface area contributed by atoms with E-state index in [1.54, 1.807) is 0 Å². The van der Waals surface area contributed by atoms with E-state index in [1.807, 2.05) is 62.4 Å². The predicted octanol–water partition coefficient (Wildman–Crippen LogP) is 4.70. The maximum absolute atomic E-state index is 12.2. The van der Waals surface area contributed by atoms with Crippen LogP contribution in [0.25, 0.3) is 0 Å². The van der Waals surface area contributed by atoms with E-state index in [0.717, 1.165) is 24.3 Å². The summed E-state index contributed by atoms with van der Waals surface area (Å²) in [5.74, 6) is 1.39. The van der Waals surface area contributed by atoms with Crippen molar-refractivity contribution in [3.8, 4) is 11.5 Å². The standard InChI is InChI=1S/C21H28N2O3/c1-4-5-14-25-20-9-7-6-8-19(20)23-21(24)15-22-17-10-12-18(13-11-17)26-16(2)3/h6-13,16,22H,4-5,14-15H2,1-3H3,(H,23,24). The van der Waals surface area contributed by atoms with Crippen molar-refractivity contribution in [1.29, 1.82) is 0 Å². The van der Waals surface area contributed by atoms with Crippen molar-refractivity contribution in [2.24, 2.45) is 0 Å². The maximum Gasteiger partial charge on any atom is 0.243 e. The van der Waals surface area contributed by atoms with E-state index >= 15 is 0 Å². The molecule has 0 saturated carbocycles. The number of anilines is 2. The normalized spacial score (nSPS) is 10.5. The minimum atomic E-state index is -0.126. The van der Waals surface area contributed by atoms with Crippen molar-refractivity contribution < 1.29 is 14.3 Å². The largest absolute Gasteiger partial charge is 0.491 e. The van der Waals surface area contributed by atoms with Crippen LogP contribution in [0.2, 0.25) is 0 Å². The zero-order chi connectivity index (χ0) is 18.8. The molecule has 0 spiro atoms. The Bertz CT molecular complexity index is 684. The highest BCUT2D eigenvalue weighted by Crippen LogP contribution is 2.24. The first-order valence-corrected chi connectivity index (χ1v) is 9.10. The molecule has 1 amide bonds. The molecule has 0 saturated heterocycles. The second kappa shape index (κ2) is 10.3. The number of ether oxygens (including phenoxy) is 2. The molecule has 0 aliphatic carbocycles. The van der Waals surface area contributed by atoms with Gasteiger partial charge in [0.2, 0.25) is 5.91 Å². The van der Waals surface area contributed by atoms with Crippen molar-refractivity contribution in [2.45, 2.75) is 39.7 Å². The van der Waals surface area contributed by atoms with Crippen LogP contribution in [0.15, 0.2) is 48.5 Å². The Kier molecular flexibility index (Phi) is 7.80. The van der Waals surface area contributed by atoms with Crippen molar-refractivity contribution in [3.63, 3.8) is 0 Å². The molecular weight excluding hydrogens is 328 g/mol. The fourth-order valence-electron chi connectivity index (χ4n) is 2.32. The average molecular weight is 356 g/mol. The Hall–Kier alpha value is -2.69. The van der Waals surface area contributed by atoms with Gasteiger partial charge < -0.3 is 20.1 Å². The predicted molar refractivity (Wildman–Crippen MR) is 106 cm³/mol. The monoisotopic (exact) mass is 356 g/mol. The van der Waals surface area contributed by atoms with Crippen molar-refractivity contribution in [2.75, 3.05) is 23.8 Å². The summed E-state index contributed by atoms with van der Waals surface area (Å²) in [6.45, 7) is 6.91. The van der Waals surface area contributed by atoms with Gasteiger partial charge in [-0.25, -0.2) is 0 Å². The van der Waals surface area contributed by atoms with Gasteiger partial charge in [-0.1, -0.05) is 25.5 Å². The maximum atomic E-state index is 12.2. The van der Waals surface area contributed by atoms with Gasteiger partial charge in [0.05, 0.1) is 24.9 Å². The molecule has 0 aromatic heterocycles. The van der Waals surface area contributed by atoms with Gasteiger partial charge in [0, 0.05) is 5.69 Å². The van der Waals surface area contributed by atoms with E-state index in [-0.39, 0.29) is 18.6 Å². The van der Waals surface area contributed by atoms with Crippen LogP contribution in [0.4, 0.5) is 11.4 Å². The number of nitrogens with one attached hydrogen (secondary N) is 2. The Labute approximate surface area is 155 Å². The number of carbonyl (C=O) groups excluding carboxylic acids is 1. The van der Waals surface area contributed by atoms with Crippen LogP contribution < -0.4 is 20.1 Å². The molecular formula is C21H28N2O3. The van der Waals surface area contributed by atoms with Gasteiger partial charge in [-0.2, -0.15) is 0 Å². The van der Waals surface area contributed by atoms with Crippen molar-refractivity contribution in [1.82, 2.24) is 0 Å². The minimum absolute atomic E-state index is 0.126. The highest BCUT2D eigenvalue weighted by molar-refractivity contribution is 5.95. The molecule has 0 heterocycles. The van der Waals surface area contributed by atoms with Crippen LogP contribution in [0.3, 0.4) is 0 Å². The summed E-state index contributed by atoms with van der Waals surface area (Å²) in [6, 6.07) is 15.1. The fourth-order valence-corrected chi connectivity index (χ4v) is 2.32. The molecule has 0 unspecified atom stereocenters. The van der Waals surface area contributed by atoms with Gasteiger partial charge in [0.25, 0.3) is 0 Å². The third-order valence-electron chi connectivity index (χ3n) is 3.60. The Morgan fingerprint density at radius 1 is 1.08 bits per heavy atom. The molecule has 2 N–H and O–H groups in total. The number of carbonyl (C=O) groups is 1. The van der Waals surface area contributed by atoms with Crippen LogP contribution in [0.1, 0.15) is 33.6 Å². The van der Waals surface area contributed by atoms with E-state index in [4.69, 9.17) is 9.47 Å². The molecule has 5 nitrogen and oxygen atoms in total. The SMILES string of the molecule is CCCCOc1ccccc1NC(=O)CNc1ccc(OC(C)C)cc1. The molecule has 0 bridgehead atoms. The number of amides is 1. The molecule has 2 aromatic rings. The van der Waals surface area contributed by atoms with Gasteiger partial charge >= 0.3 is 0 Å². The molecule has 5 heteroatoms. The number of hydrogen-bond acceptors (Lipinski definition) is 4. The smallest absolute Gasteiger partial charge is 0.243 e. The molecule has 2 rings (SSSR count). The Morgan fingerprint density at radius 3 is 2.50 bits per heavy atom. The molecule has 0 radical (unpaired) electrons. The third kappa shape index (κ3) is 6.67. The van der Waals surface area contributed by atoms with Crippen LogP contribution in [-0.2, 0) is 4.79 Å². The number of unbranched alkanes of at least 4 members (excludes halogenated alkanes) is 1. The summed E-state index contributed by atoms with van der Waals surface area (Å²) in [7, 11) is 0. The summed E-state index contributed by atoms with van der Waals surface area (Å²) < 4.78 is 11.3. The minimum Gasteiger partial charge on any atom is -0.491 e. The van der Waals surface area contributed by atoms with Crippen LogP contribution in [0, 0.1) is 0 Å². The zero-order valence-corrected chi connectivity index (χ0v) is 15.7. The topological polar surface area (TPSA) is 59.6 Å². The number of hydrogen-bond donors (Lipinski definition) is 2. The lowest BCUT2D eigenvalue weighted by Crippen LogP contribution is -2.22. The van der Waals surface area contributed by atoms with Crippen molar-refractivity contribution in [3.05, 3.63) is 48.5 Å². The molecule has 0 atom stereocenters. The zero-order valence-electron chi connectivity index (χ0n) is 15.7. The summed E-state index contributed by atoms with van der Waals surface area (Å²) in [6.07, 6.45) is 2.19. The second-order valence-electron chi connectivity index (χ2n) is 6.29. The van der Waals surface area contributed by atoms with Crippen LogP contribution in [-0.4, -0.2) is 25.2 Å². The third-order valence-corrected chi connectivity index (χ3v) is 3.60. The van der Waals surface area contributed by atoms with E-state index < -0.39 is 0 Å². The van der Waals surface area contributed by atoms with Crippen molar-refractivity contribution >= 4 is 17.3 Å². The highest BCUT2D eigenvalue weighted by Gasteiger charge is 2.07. The molecule has 2 aromatic carbocycles. The molecule has 0 aliphatic heterocycles. The Balaban J connectivity index is 1.85. The molecule has 140 valence electrons. The van der Waals surface area contributed by atoms with E-state index in [9.17, 15) is 4.79 Å². The second-order valence-corrected chi connectivity index (χ2v) is 6.29. The van der Waals surface area contributed by atoms with Gasteiger partial charge in [-0.3, -0.25) is 4.79 Å². The summed E-state index contributed by atoms with van der Waals surface area (Å²) >= 11 is 0. The van der Waals surface area contributed by atoms with Crippen LogP contribution >= 0.6 is 0 Å². The Morgan fingerprint density at radius 2 is 1.81 bits per heavy atom. The lowest BCUT2D eigenvalue weighted by atomic mass is 10.2. The summed E-state index contributed by atoms with van der Waals surface area (Å²) in [5.41, 5.74) is 1.56. The lowest BCUT2D eigenvalue weighted by molar-refractivity contribution is -0.114. The first-order valence-electron chi connectivity index (χ1n) is 9.10. The van der Waals surface area contributed by atoms with Crippen LogP contribution in [0.5, 0.6) is 11.5 Å². The first-order chi connectivity index (χ1) is 12.6. The van der Waals surface area contributed by atoms with E-state index in [2.05, 4.69) is 17.6 Å². The molecule has 0 aliphatic rings. The summed E-state index contributed by atoms with van der Waals surface area (Å²) in [4.78, 5) is 12.2. The lowest BCUT2D eigenvalue weighted by Gasteiger charge is -2.13. The van der Waals surface area contributed by atoms with Gasteiger partial charge in [-0.15, -0.1) is 0 Å². The molecule has 26 heavy (non-hydrogen) atoms. The van der Waals surface area contributed by atoms with E-state index in [1.165, 1.54) is 0 Å². The number of rotatable bonds is 10. The number of benzene rings is 2. The summed E-state index contributed by atoms with van der Waals surface area (Å²) in [5, 5.41) is 6.00. The van der Waals surface area contributed by atoms with Gasteiger partial charge in [0.15, 0.2) is 0 Å². The highest BCUT2D eigenvalue weighted by atomic mass is 16.5. The van der Waals surface area contributed by atoms with Gasteiger partial charge in [0.1, 0.15) is 11.5 Å². The fraction of sp³-hybridized carbons (Fsp3) is 0.381. The molecule has 0 fully saturated rings. The first kappa shape index (κ1) is 19.6. The quantitative estimate of drug-likeness (QED) is 0.606.